The van der Waals surface area contributed by atoms with Gasteiger partial charge in [0.25, 0.3) is 0 Å². The molecule has 2 fully saturated rings. The number of hydrogen-bond acceptors (Lipinski definition) is 5. The van der Waals surface area contributed by atoms with E-state index in [4.69, 9.17) is 4.74 Å². The summed E-state index contributed by atoms with van der Waals surface area (Å²) < 4.78 is 20.0. The third-order valence-electron chi connectivity index (χ3n) is 5.85. The predicted octanol–water partition coefficient (Wildman–Crippen LogP) is 2.16. The smallest absolute Gasteiger partial charge is 0.331 e. The molecule has 2 aliphatic rings. The number of rotatable bonds is 4. The summed E-state index contributed by atoms with van der Waals surface area (Å²) in [7, 11) is 1.39. The predicted molar refractivity (Wildman–Crippen MR) is 102 cm³/mol. The zero-order valence-electron chi connectivity index (χ0n) is 16.1. The van der Waals surface area contributed by atoms with Crippen LogP contribution in [0, 0.1) is 17.7 Å². The minimum atomic E-state index is -1.59. The van der Waals surface area contributed by atoms with Gasteiger partial charge in [0.05, 0.1) is 18.4 Å². The number of ether oxygens (including phenoxy) is 1. The summed E-state index contributed by atoms with van der Waals surface area (Å²) in [5, 5.41) is 3.16. The average molecular weight is 396 g/mol. The third-order valence-corrected chi connectivity index (χ3v) is 5.85. The van der Waals surface area contributed by atoms with Crippen molar-refractivity contribution < 1.29 is 23.5 Å². The molecule has 2 aromatic rings. The van der Waals surface area contributed by atoms with Crippen LogP contribution in [0.4, 0.5) is 4.39 Å². The number of fused-ring (bicyclic) bond motifs is 1. The molecule has 2 aromatic carbocycles. The second-order valence-corrected chi connectivity index (χ2v) is 7.28. The Morgan fingerprint density at radius 3 is 2.41 bits per heavy atom. The fourth-order valence-corrected chi connectivity index (χ4v) is 4.56. The Morgan fingerprint density at radius 2 is 1.76 bits per heavy atom. The van der Waals surface area contributed by atoms with Crippen LogP contribution in [-0.2, 0) is 24.7 Å². The van der Waals surface area contributed by atoms with Crippen molar-refractivity contribution in [2.24, 2.45) is 11.8 Å². The van der Waals surface area contributed by atoms with Crippen LogP contribution >= 0.6 is 0 Å². The molecular weight excluding hydrogens is 375 g/mol. The van der Waals surface area contributed by atoms with Crippen molar-refractivity contribution in [1.82, 2.24) is 10.2 Å². The zero-order chi connectivity index (χ0) is 20.8. The molecule has 29 heavy (non-hydrogen) atoms. The molecule has 2 aliphatic heterocycles. The largest absolute Gasteiger partial charge is 0.464 e. The molecule has 0 spiro atoms. The van der Waals surface area contributed by atoms with E-state index in [-0.39, 0.29) is 12.2 Å². The molecule has 0 aromatic heterocycles. The number of esters is 1. The number of halogens is 1. The lowest BCUT2D eigenvalue weighted by Gasteiger charge is -2.33. The minimum Gasteiger partial charge on any atom is -0.464 e. The molecule has 0 aliphatic carbocycles. The molecule has 0 saturated carbocycles. The molecule has 0 radical (unpaired) electrons. The van der Waals surface area contributed by atoms with E-state index in [0.29, 0.717) is 5.56 Å². The Bertz CT molecular complexity index is 980. The Balaban J connectivity index is 1.96. The maximum absolute atomic E-state index is 14.7. The first-order valence-electron chi connectivity index (χ1n) is 9.49. The van der Waals surface area contributed by atoms with Crippen molar-refractivity contribution >= 4 is 17.8 Å². The van der Waals surface area contributed by atoms with Crippen LogP contribution < -0.4 is 5.32 Å². The summed E-state index contributed by atoms with van der Waals surface area (Å²) in [5.74, 6) is -4.05. The molecule has 4 atom stereocenters. The van der Waals surface area contributed by atoms with Gasteiger partial charge in [-0.05, 0) is 18.6 Å². The summed E-state index contributed by atoms with van der Waals surface area (Å²) in [4.78, 5) is 40.4. The summed E-state index contributed by atoms with van der Waals surface area (Å²) in [6, 6.07) is 13.9. The minimum absolute atomic E-state index is 0.106. The van der Waals surface area contributed by atoms with Gasteiger partial charge in [-0.25, -0.2) is 9.18 Å². The van der Waals surface area contributed by atoms with Gasteiger partial charge in [0.15, 0.2) is 5.54 Å². The number of carbonyl (C=O) groups excluding carboxylic acids is 3. The second-order valence-electron chi connectivity index (χ2n) is 7.28. The van der Waals surface area contributed by atoms with Crippen LogP contribution in [0.1, 0.15) is 24.1 Å². The molecule has 7 heteroatoms. The van der Waals surface area contributed by atoms with Crippen LogP contribution in [0.3, 0.4) is 0 Å². The normalized spacial score (nSPS) is 28.5. The SMILES string of the molecule is CCOC(=O)[C@@]1(c2ccccc2)N[C@@H](c2ccccc2F)[C@H]2C(=O)N(C)C(=O)[C@@H]21. The number of carbonyl (C=O) groups is 3. The lowest BCUT2D eigenvalue weighted by atomic mass is 9.75. The highest BCUT2D eigenvalue weighted by Gasteiger charge is 2.69. The number of hydrogen-bond donors (Lipinski definition) is 1. The van der Waals surface area contributed by atoms with E-state index in [1.54, 1.807) is 55.5 Å². The highest BCUT2D eigenvalue weighted by Crippen LogP contribution is 2.53. The van der Waals surface area contributed by atoms with Gasteiger partial charge in [-0.15, -0.1) is 0 Å². The Kier molecular flexibility index (Phi) is 4.70. The first-order valence-corrected chi connectivity index (χ1v) is 9.49. The lowest BCUT2D eigenvalue weighted by Crippen LogP contribution is -2.53. The average Bonchev–Trinajstić information content (AvgIpc) is 3.20. The molecule has 4 rings (SSSR count). The quantitative estimate of drug-likeness (QED) is 0.633. The van der Waals surface area contributed by atoms with Gasteiger partial charge >= 0.3 is 5.97 Å². The van der Waals surface area contributed by atoms with Gasteiger partial charge in [0.2, 0.25) is 11.8 Å². The molecule has 2 amide bonds. The Morgan fingerprint density at radius 1 is 1.10 bits per heavy atom. The fourth-order valence-electron chi connectivity index (χ4n) is 4.56. The molecule has 0 bridgehead atoms. The maximum Gasteiger partial charge on any atom is 0.331 e. The molecule has 2 heterocycles. The van der Waals surface area contributed by atoms with Crippen LogP contribution in [0.2, 0.25) is 0 Å². The highest BCUT2D eigenvalue weighted by molar-refractivity contribution is 6.09. The topological polar surface area (TPSA) is 75.7 Å². The number of amides is 2. The fraction of sp³-hybridized carbons (Fsp3) is 0.318. The summed E-state index contributed by atoms with van der Waals surface area (Å²) in [6.07, 6.45) is 0. The summed E-state index contributed by atoms with van der Waals surface area (Å²) >= 11 is 0. The van der Waals surface area contributed by atoms with Crippen LogP contribution in [-0.4, -0.2) is 36.3 Å². The van der Waals surface area contributed by atoms with Gasteiger partial charge in [-0.3, -0.25) is 19.8 Å². The van der Waals surface area contributed by atoms with E-state index >= 15 is 0 Å². The maximum atomic E-state index is 14.7. The molecule has 2 saturated heterocycles. The second kappa shape index (κ2) is 7.08. The number of benzene rings is 2. The Hall–Kier alpha value is -3.06. The van der Waals surface area contributed by atoms with E-state index in [9.17, 15) is 18.8 Å². The first kappa shape index (κ1) is 19.3. The molecule has 1 N–H and O–H groups in total. The summed E-state index contributed by atoms with van der Waals surface area (Å²) in [5.41, 5.74) is -0.850. The van der Waals surface area contributed by atoms with Gasteiger partial charge in [0, 0.05) is 18.7 Å². The van der Waals surface area contributed by atoms with E-state index in [2.05, 4.69) is 5.32 Å². The Labute approximate surface area is 167 Å². The number of likely N-dealkylation sites (tertiary alicyclic amines) is 1. The third kappa shape index (κ3) is 2.68. The van der Waals surface area contributed by atoms with Crippen molar-refractivity contribution in [3.8, 4) is 0 Å². The van der Waals surface area contributed by atoms with Gasteiger partial charge in [-0.2, -0.15) is 0 Å². The monoisotopic (exact) mass is 396 g/mol. The van der Waals surface area contributed by atoms with E-state index in [1.807, 2.05) is 0 Å². The van der Waals surface area contributed by atoms with E-state index < -0.39 is 47.0 Å². The van der Waals surface area contributed by atoms with Crippen molar-refractivity contribution in [3.63, 3.8) is 0 Å². The number of nitrogens with one attached hydrogen (secondary N) is 1. The number of nitrogens with zero attached hydrogens (tertiary/aromatic N) is 1. The number of imide groups is 1. The first-order chi connectivity index (χ1) is 13.9. The van der Waals surface area contributed by atoms with Crippen LogP contribution in [0.15, 0.2) is 54.6 Å². The van der Waals surface area contributed by atoms with E-state index in [0.717, 1.165) is 4.90 Å². The molecule has 0 unspecified atom stereocenters. The molecule has 150 valence electrons. The van der Waals surface area contributed by atoms with E-state index in [1.165, 1.54) is 13.1 Å². The lowest BCUT2D eigenvalue weighted by molar-refractivity contribution is -0.156. The van der Waals surface area contributed by atoms with Crippen LogP contribution in [0.25, 0.3) is 0 Å². The van der Waals surface area contributed by atoms with Crippen molar-refractivity contribution in [1.29, 1.82) is 0 Å². The van der Waals surface area contributed by atoms with Crippen molar-refractivity contribution in [2.75, 3.05) is 13.7 Å². The summed E-state index contributed by atoms with van der Waals surface area (Å²) in [6.45, 7) is 1.78. The van der Waals surface area contributed by atoms with Gasteiger partial charge in [0.1, 0.15) is 5.82 Å². The van der Waals surface area contributed by atoms with Gasteiger partial charge < -0.3 is 4.74 Å². The molecular formula is C22H21FN2O4. The highest BCUT2D eigenvalue weighted by atomic mass is 19.1. The van der Waals surface area contributed by atoms with Crippen molar-refractivity contribution in [3.05, 3.63) is 71.5 Å². The van der Waals surface area contributed by atoms with Crippen molar-refractivity contribution in [2.45, 2.75) is 18.5 Å². The zero-order valence-corrected chi connectivity index (χ0v) is 16.1. The van der Waals surface area contributed by atoms with Crippen LogP contribution in [0.5, 0.6) is 0 Å². The molecule has 6 nitrogen and oxygen atoms in total. The standard InChI is InChI=1S/C22H21FN2O4/c1-3-29-21(28)22(13-9-5-4-6-10-13)17-16(19(26)25(2)20(17)27)18(24-22)14-11-7-8-12-15(14)23/h4-12,16-18,24H,3H2,1-2H3/t16-,17+,18-,22-/m0/s1. The van der Waals surface area contributed by atoms with Gasteiger partial charge in [-0.1, -0.05) is 48.5 Å².